The van der Waals surface area contributed by atoms with Gasteiger partial charge in [-0.3, -0.25) is 4.79 Å². The quantitative estimate of drug-likeness (QED) is 0.847. The van der Waals surface area contributed by atoms with Crippen molar-refractivity contribution in [2.45, 2.75) is 25.5 Å². The lowest BCUT2D eigenvalue weighted by molar-refractivity contribution is -0.140. The fourth-order valence-electron chi connectivity index (χ4n) is 2.71. The molecule has 2 atom stereocenters. The van der Waals surface area contributed by atoms with Gasteiger partial charge < -0.3 is 15.0 Å². The molecule has 3 rings (SSSR count). The maximum absolute atomic E-state index is 12.5. The number of fused-ring (bicyclic) bond motifs is 1. The number of nitrogens with zero attached hydrogens (tertiary/aromatic N) is 1. The number of ether oxygens (including phenoxy) is 1. The Morgan fingerprint density at radius 2 is 2.37 bits per heavy atom. The second-order valence-corrected chi connectivity index (χ2v) is 5.58. The number of piperazine rings is 1. The van der Waals surface area contributed by atoms with Gasteiger partial charge in [-0.25, -0.2) is 0 Å². The molecule has 1 saturated heterocycles. The first-order valence-electron chi connectivity index (χ1n) is 6.61. The van der Waals surface area contributed by atoms with Gasteiger partial charge in [0, 0.05) is 37.1 Å². The Labute approximate surface area is 117 Å². The van der Waals surface area contributed by atoms with E-state index in [1.165, 1.54) is 0 Å². The minimum Gasteiger partial charge on any atom is -0.480 e. The molecule has 2 aliphatic rings. The molecule has 102 valence electrons. The smallest absolute Gasteiger partial charge is 0.264 e. The van der Waals surface area contributed by atoms with Crippen LogP contribution in [0.15, 0.2) is 18.2 Å². The molecule has 0 radical (unpaired) electrons. The summed E-state index contributed by atoms with van der Waals surface area (Å²) in [5.41, 5.74) is 1.02. The van der Waals surface area contributed by atoms with Gasteiger partial charge in [0.15, 0.2) is 6.10 Å². The highest BCUT2D eigenvalue weighted by Crippen LogP contribution is 2.31. The number of nitrogens with one attached hydrogen (secondary N) is 1. The lowest BCUT2D eigenvalue weighted by Crippen LogP contribution is -2.55. The third-order valence-corrected chi connectivity index (χ3v) is 3.99. The molecule has 5 heteroatoms. The van der Waals surface area contributed by atoms with Crippen molar-refractivity contribution in [1.29, 1.82) is 0 Å². The average molecular weight is 281 g/mol. The van der Waals surface area contributed by atoms with E-state index in [9.17, 15) is 4.79 Å². The lowest BCUT2D eigenvalue weighted by atomic mass is 10.1. The number of carbonyl (C=O) groups is 1. The van der Waals surface area contributed by atoms with Crippen LogP contribution in [-0.4, -0.2) is 42.6 Å². The molecule has 19 heavy (non-hydrogen) atoms. The van der Waals surface area contributed by atoms with Crippen molar-refractivity contribution < 1.29 is 9.53 Å². The predicted molar refractivity (Wildman–Crippen MR) is 73.6 cm³/mol. The number of benzene rings is 1. The molecular weight excluding hydrogens is 264 g/mol. The van der Waals surface area contributed by atoms with Crippen LogP contribution in [0, 0.1) is 0 Å². The van der Waals surface area contributed by atoms with Crippen LogP contribution in [0.4, 0.5) is 0 Å². The standard InChI is InChI=1S/C14H17ClN2O2/c1-9-8-16-4-5-17(9)14(18)13-7-10-6-11(15)2-3-12(10)19-13/h2-3,6,9,13,16H,4-5,7-8H2,1H3/t9-,13?/m1/s1. The second kappa shape index (κ2) is 5.02. The minimum absolute atomic E-state index is 0.0846. The molecule has 0 spiro atoms. The molecule has 0 saturated carbocycles. The molecule has 4 nitrogen and oxygen atoms in total. The maximum atomic E-state index is 12.5. The van der Waals surface area contributed by atoms with Crippen LogP contribution in [0.25, 0.3) is 0 Å². The van der Waals surface area contributed by atoms with E-state index in [0.29, 0.717) is 11.4 Å². The molecule has 1 fully saturated rings. The van der Waals surface area contributed by atoms with Crippen LogP contribution >= 0.6 is 11.6 Å². The number of carbonyl (C=O) groups excluding carboxylic acids is 1. The van der Waals surface area contributed by atoms with Crippen molar-refractivity contribution in [2.75, 3.05) is 19.6 Å². The van der Waals surface area contributed by atoms with Crippen molar-refractivity contribution in [1.82, 2.24) is 10.2 Å². The summed E-state index contributed by atoms with van der Waals surface area (Å²) in [5.74, 6) is 0.867. The van der Waals surface area contributed by atoms with Gasteiger partial charge >= 0.3 is 0 Å². The van der Waals surface area contributed by atoms with E-state index in [0.717, 1.165) is 30.9 Å². The fourth-order valence-corrected chi connectivity index (χ4v) is 2.90. The van der Waals surface area contributed by atoms with Crippen LogP contribution in [0.1, 0.15) is 12.5 Å². The molecule has 1 aromatic carbocycles. The van der Waals surface area contributed by atoms with Crippen LogP contribution in [0.2, 0.25) is 5.02 Å². The summed E-state index contributed by atoms with van der Waals surface area (Å²) < 4.78 is 5.76. The summed E-state index contributed by atoms with van der Waals surface area (Å²) >= 11 is 5.96. The van der Waals surface area contributed by atoms with Crippen LogP contribution in [0.3, 0.4) is 0 Å². The zero-order chi connectivity index (χ0) is 13.4. The summed E-state index contributed by atoms with van der Waals surface area (Å²) in [6.07, 6.45) is 0.222. The Hall–Kier alpha value is -1.26. The molecule has 0 aromatic heterocycles. The van der Waals surface area contributed by atoms with Gasteiger partial charge in [0.1, 0.15) is 5.75 Å². The first-order valence-corrected chi connectivity index (χ1v) is 6.99. The molecule has 2 heterocycles. The van der Waals surface area contributed by atoms with E-state index >= 15 is 0 Å². The number of rotatable bonds is 1. The van der Waals surface area contributed by atoms with Gasteiger partial charge in [-0.05, 0) is 30.7 Å². The van der Waals surface area contributed by atoms with E-state index in [1.807, 2.05) is 17.0 Å². The van der Waals surface area contributed by atoms with Gasteiger partial charge in [0.2, 0.25) is 0 Å². The predicted octanol–water partition coefficient (Wildman–Crippen LogP) is 1.46. The van der Waals surface area contributed by atoms with E-state index < -0.39 is 6.10 Å². The molecule has 1 amide bonds. The summed E-state index contributed by atoms with van der Waals surface area (Å²) in [6.45, 7) is 4.50. The zero-order valence-corrected chi connectivity index (χ0v) is 11.6. The topological polar surface area (TPSA) is 41.6 Å². The maximum Gasteiger partial charge on any atom is 0.264 e. The van der Waals surface area contributed by atoms with Crippen molar-refractivity contribution in [3.05, 3.63) is 28.8 Å². The lowest BCUT2D eigenvalue weighted by Gasteiger charge is -2.35. The average Bonchev–Trinajstić information content (AvgIpc) is 2.81. The second-order valence-electron chi connectivity index (χ2n) is 5.15. The molecule has 2 aliphatic heterocycles. The monoisotopic (exact) mass is 280 g/mol. The summed E-state index contributed by atoms with van der Waals surface area (Å²) in [6, 6.07) is 5.73. The van der Waals surface area contributed by atoms with E-state index in [-0.39, 0.29) is 11.9 Å². The highest BCUT2D eigenvalue weighted by atomic mass is 35.5. The van der Waals surface area contributed by atoms with E-state index in [2.05, 4.69) is 12.2 Å². The first-order chi connectivity index (χ1) is 9.15. The summed E-state index contributed by atoms with van der Waals surface area (Å²) in [5, 5.41) is 3.97. The van der Waals surface area contributed by atoms with Crippen molar-refractivity contribution in [3.63, 3.8) is 0 Å². The zero-order valence-electron chi connectivity index (χ0n) is 10.9. The third-order valence-electron chi connectivity index (χ3n) is 3.76. The summed E-state index contributed by atoms with van der Waals surface area (Å²) in [4.78, 5) is 14.4. The molecule has 0 bridgehead atoms. The first kappa shape index (κ1) is 12.8. The molecular formula is C14H17ClN2O2. The van der Waals surface area contributed by atoms with Crippen LogP contribution in [-0.2, 0) is 11.2 Å². The molecule has 0 aliphatic carbocycles. The Morgan fingerprint density at radius 3 is 3.16 bits per heavy atom. The van der Waals surface area contributed by atoms with Gasteiger partial charge in [0.25, 0.3) is 5.91 Å². The number of amides is 1. The molecule has 1 N–H and O–H groups in total. The summed E-state index contributed by atoms with van der Waals surface area (Å²) in [7, 11) is 0. The Kier molecular flexibility index (Phi) is 3.37. The Balaban J connectivity index is 1.73. The van der Waals surface area contributed by atoms with Crippen molar-refractivity contribution >= 4 is 17.5 Å². The highest BCUT2D eigenvalue weighted by molar-refractivity contribution is 6.30. The van der Waals surface area contributed by atoms with Gasteiger partial charge in [0.05, 0.1) is 0 Å². The van der Waals surface area contributed by atoms with Crippen molar-refractivity contribution in [2.24, 2.45) is 0 Å². The van der Waals surface area contributed by atoms with Crippen LogP contribution in [0.5, 0.6) is 5.75 Å². The van der Waals surface area contributed by atoms with Crippen LogP contribution < -0.4 is 10.1 Å². The van der Waals surface area contributed by atoms with Gasteiger partial charge in [-0.1, -0.05) is 11.6 Å². The van der Waals surface area contributed by atoms with E-state index in [4.69, 9.17) is 16.3 Å². The Bertz CT molecular complexity index is 506. The van der Waals surface area contributed by atoms with Crippen molar-refractivity contribution in [3.8, 4) is 5.75 Å². The molecule has 1 unspecified atom stereocenters. The number of hydrogen-bond acceptors (Lipinski definition) is 3. The fraction of sp³-hybridized carbons (Fsp3) is 0.500. The van der Waals surface area contributed by atoms with Gasteiger partial charge in [-0.15, -0.1) is 0 Å². The third kappa shape index (κ3) is 2.42. The highest BCUT2D eigenvalue weighted by Gasteiger charge is 2.35. The minimum atomic E-state index is -0.394. The number of hydrogen-bond donors (Lipinski definition) is 1. The number of halogens is 1. The molecule has 1 aromatic rings. The normalized spacial score (nSPS) is 25.9. The van der Waals surface area contributed by atoms with Gasteiger partial charge in [-0.2, -0.15) is 0 Å². The SMILES string of the molecule is C[C@@H]1CNCCN1C(=O)C1Cc2cc(Cl)ccc2O1. The Morgan fingerprint density at radius 1 is 1.53 bits per heavy atom. The largest absolute Gasteiger partial charge is 0.480 e. The van der Waals surface area contributed by atoms with E-state index in [1.54, 1.807) is 6.07 Å².